The topological polar surface area (TPSA) is 63.8 Å². The lowest BCUT2D eigenvalue weighted by Gasteiger charge is -2.07. The summed E-state index contributed by atoms with van der Waals surface area (Å²) in [7, 11) is 0. The molecule has 0 spiro atoms. The first-order chi connectivity index (χ1) is 9.38. The Hall–Kier alpha value is -1.40. The summed E-state index contributed by atoms with van der Waals surface area (Å²) >= 11 is 1.49. The highest BCUT2D eigenvalue weighted by atomic mass is 32.2. The second-order valence-corrected chi connectivity index (χ2v) is 5.54. The smallest absolute Gasteiger partial charge is 0.197 e. The van der Waals surface area contributed by atoms with E-state index in [9.17, 15) is 5.11 Å². The number of aliphatic hydroxyl groups is 1. The summed E-state index contributed by atoms with van der Waals surface area (Å²) in [4.78, 5) is 4.32. The maximum absolute atomic E-state index is 9.33. The Labute approximate surface area is 116 Å². The lowest BCUT2D eigenvalue weighted by atomic mass is 10.2. The molecule has 0 saturated heterocycles. The summed E-state index contributed by atoms with van der Waals surface area (Å²) in [6.07, 6.45) is 6.35. The van der Waals surface area contributed by atoms with Crippen LogP contribution in [0.15, 0.2) is 28.5 Å². The lowest BCUT2D eigenvalue weighted by Crippen LogP contribution is -2.02. The van der Waals surface area contributed by atoms with E-state index in [0.717, 1.165) is 34.5 Å². The maximum atomic E-state index is 9.33. The van der Waals surface area contributed by atoms with Gasteiger partial charge in [-0.1, -0.05) is 12.5 Å². The molecule has 0 bridgehead atoms. The van der Waals surface area contributed by atoms with E-state index in [1.807, 2.05) is 12.1 Å². The molecule has 0 aromatic carbocycles. The van der Waals surface area contributed by atoms with Crippen LogP contribution in [0.3, 0.4) is 0 Å². The third-order valence-electron chi connectivity index (χ3n) is 3.28. The van der Waals surface area contributed by atoms with Crippen LogP contribution in [0.4, 0.5) is 0 Å². The molecule has 19 heavy (non-hydrogen) atoms. The normalized spacial score (nSPS) is 15.0. The highest BCUT2D eigenvalue weighted by Gasteiger charge is 2.16. The standard InChI is InChI=1S/C13H16N4OS/c18-9-10-5-4-7-14-12(10)19-13-16-15-11-6-2-1-3-8-17(11)13/h4-5,7,18H,1-3,6,8-9H2. The highest BCUT2D eigenvalue weighted by molar-refractivity contribution is 7.99. The van der Waals surface area contributed by atoms with Gasteiger partial charge in [0.25, 0.3) is 0 Å². The van der Waals surface area contributed by atoms with Gasteiger partial charge in [0, 0.05) is 24.7 Å². The van der Waals surface area contributed by atoms with E-state index < -0.39 is 0 Å². The maximum Gasteiger partial charge on any atom is 0.197 e. The molecule has 3 rings (SSSR count). The molecule has 0 fully saturated rings. The Morgan fingerprint density at radius 3 is 3.11 bits per heavy atom. The van der Waals surface area contributed by atoms with Gasteiger partial charge >= 0.3 is 0 Å². The highest BCUT2D eigenvalue weighted by Crippen LogP contribution is 2.29. The molecule has 0 saturated carbocycles. The van der Waals surface area contributed by atoms with Gasteiger partial charge in [0.2, 0.25) is 0 Å². The van der Waals surface area contributed by atoms with E-state index in [0.29, 0.717) is 0 Å². The van der Waals surface area contributed by atoms with Gasteiger partial charge < -0.3 is 9.67 Å². The average molecular weight is 276 g/mol. The Morgan fingerprint density at radius 2 is 2.21 bits per heavy atom. The SMILES string of the molecule is OCc1cccnc1Sc1nnc2n1CCCCC2. The van der Waals surface area contributed by atoms with Gasteiger partial charge in [0.05, 0.1) is 6.61 Å². The van der Waals surface area contributed by atoms with E-state index >= 15 is 0 Å². The first-order valence-electron chi connectivity index (χ1n) is 6.53. The molecule has 2 aromatic heterocycles. The number of nitrogens with zero attached hydrogens (tertiary/aromatic N) is 4. The zero-order chi connectivity index (χ0) is 13.1. The summed E-state index contributed by atoms with van der Waals surface area (Å²) in [5, 5.41) is 19.6. The van der Waals surface area contributed by atoms with Crippen LogP contribution in [-0.2, 0) is 19.6 Å². The molecule has 1 aliphatic rings. The van der Waals surface area contributed by atoms with Crippen LogP contribution in [0.5, 0.6) is 0 Å². The predicted molar refractivity (Wildman–Crippen MR) is 71.9 cm³/mol. The van der Waals surface area contributed by atoms with Gasteiger partial charge in [-0.05, 0) is 30.7 Å². The zero-order valence-corrected chi connectivity index (χ0v) is 11.4. The van der Waals surface area contributed by atoms with Crippen LogP contribution >= 0.6 is 11.8 Å². The monoisotopic (exact) mass is 276 g/mol. The van der Waals surface area contributed by atoms with Crippen molar-refractivity contribution in [1.82, 2.24) is 19.7 Å². The van der Waals surface area contributed by atoms with E-state index in [-0.39, 0.29) is 6.61 Å². The van der Waals surface area contributed by atoms with Gasteiger partial charge in [-0.3, -0.25) is 0 Å². The summed E-state index contributed by atoms with van der Waals surface area (Å²) < 4.78 is 2.19. The van der Waals surface area contributed by atoms with Crippen LogP contribution in [-0.4, -0.2) is 24.9 Å². The molecule has 100 valence electrons. The number of hydrogen-bond donors (Lipinski definition) is 1. The minimum Gasteiger partial charge on any atom is -0.392 e. The van der Waals surface area contributed by atoms with Crippen molar-refractivity contribution in [2.75, 3.05) is 0 Å². The van der Waals surface area contributed by atoms with Crippen molar-refractivity contribution < 1.29 is 5.11 Å². The van der Waals surface area contributed by atoms with Crippen molar-refractivity contribution in [3.8, 4) is 0 Å². The Balaban J connectivity index is 1.89. The number of rotatable bonds is 3. The van der Waals surface area contributed by atoms with E-state index in [2.05, 4.69) is 19.7 Å². The minimum atomic E-state index is -0.00281. The van der Waals surface area contributed by atoms with Crippen LogP contribution in [0, 0.1) is 0 Å². The molecular formula is C13H16N4OS. The number of aromatic nitrogens is 4. The number of hydrogen-bond acceptors (Lipinski definition) is 5. The van der Waals surface area contributed by atoms with E-state index in [1.165, 1.54) is 31.0 Å². The fraction of sp³-hybridized carbons (Fsp3) is 0.462. The molecule has 1 aliphatic heterocycles. The molecule has 0 unspecified atom stereocenters. The molecule has 1 N–H and O–H groups in total. The average Bonchev–Trinajstić information content (AvgIpc) is 2.68. The molecule has 2 aromatic rings. The van der Waals surface area contributed by atoms with E-state index in [4.69, 9.17) is 0 Å². The second-order valence-electron chi connectivity index (χ2n) is 4.59. The van der Waals surface area contributed by atoms with Crippen molar-refractivity contribution in [2.45, 2.75) is 49.0 Å². The Morgan fingerprint density at radius 1 is 1.26 bits per heavy atom. The quantitative estimate of drug-likeness (QED) is 0.929. The predicted octanol–water partition coefficient (Wildman–Crippen LogP) is 2.04. The van der Waals surface area contributed by atoms with Crippen molar-refractivity contribution in [1.29, 1.82) is 0 Å². The minimum absolute atomic E-state index is 0.00281. The van der Waals surface area contributed by atoms with Gasteiger partial charge in [-0.25, -0.2) is 4.98 Å². The molecular weight excluding hydrogens is 260 g/mol. The summed E-state index contributed by atoms with van der Waals surface area (Å²) in [5.41, 5.74) is 0.832. The van der Waals surface area contributed by atoms with Gasteiger partial charge in [-0.15, -0.1) is 10.2 Å². The number of fused-ring (bicyclic) bond motifs is 1. The number of pyridine rings is 1. The summed E-state index contributed by atoms with van der Waals surface area (Å²) in [6.45, 7) is 0.975. The lowest BCUT2D eigenvalue weighted by molar-refractivity contribution is 0.278. The van der Waals surface area contributed by atoms with E-state index in [1.54, 1.807) is 6.20 Å². The third-order valence-corrected chi connectivity index (χ3v) is 4.33. The summed E-state index contributed by atoms with van der Waals surface area (Å²) in [5.74, 6) is 1.07. The molecule has 3 heterocycles. The van der Waals surface area contributed by atoms with Crippen molar-refractivity contribution in [2.24, 2.45) is 0 Å². The van der Waals surface area contributed by atoms with Crippen LogP contribution in [0.1, 0.15) is 30.7 Å². The fourth-order valence-electron chi connectivity index (χ4n) is 2.26. The molecule has 0 atom stereocenters. The van der Waals surface area contributed by atoms with Gasteiger partial charge in [0.15, 0.2) is 5.16 Å². The van der Waals surface area contributed by atoms with Crippen molar-refractivity contribution in [3.05, 3.63) is 29.7 Å². The third kappa shape index (κ3) is 2.64. The Kier molecular flexibility index (Phi) is 3.79. The molecule has 5 nitrogen and oxygen atoms in total. The van der Waals surface area contributed by atoms with Crippen molar-refractivity contribution in [3.63, 3.8) is 0 Å². The first kappa shape index (κ1) is 12.6. The fourth-order valence-corrected chi connectivity index (χ4v) is 3.20. The Bertz CT molecular complexity index is 570. The number of aryl methyl sites for hydroxylation is 1. The second kappa shape index (κ2) is 5.71. The molecule has 0 amide bonds. The van der Waals surface area contributed by atoms with Crippen molar-refractivity contribution >= 4 is 11.8 Å². The number of aliphatic hydroxyl groups excluding tert-OH is 1. The van der Waals surface area contributed by atoms with Crippen LogP contribution in [0.2, 0.25) is 0 Å². The summed E-state index contributed by atoms with van der Waals surface area (Å²) in [6, 6.07) is 3.72. The van der Waals surface area contributed by atoms with Crippen LogP contribution in [0.25, 0.3) is 0 Å². The first-order valence-corrected chi connectivity index (χ1v) is 7.35. The van der Waals surface area contributed by atoms with Gasteiger partial charge in [-0.2, -0.15) is 0 Å². The molecule has 6 heteroatoms. The van der Waals surface area contributed by atoms with Gasteiger partial charge in [0.1, 0.15) is 10.9 Å². The van der Waals surface area contributed by atoms with Crippen LogP contribution < -0.4 is 0 Å². The zero-order valence-electron chi connectivity index (χ0n) is 10.6. The molecule has 0 radical (unpaired) electrons. The largest absolute Gasteiger partial charge is 0.392 e. The molecule has 0 aliphatic carbocycles.